The molecule has 1 aliphatic carbocycles. The van der Waals surface area contributed by atoms with Gasteiger partial charge in [-0.25, -0.2) is 0 Å². The summed E-state index contributed by atoms with van der Waals surface area (Å²) in [6.07, 6.45) is 3.46. The Kier molecular flexibility index (Phi) is 4.20. The summed E-state index contributed by atoms with van der Waals surface area (Å²) in [5.41, 5.74) is 7.99. The van der Waals surface area contributed by atoms with Gasteiger partial charge in [-0.15, -0.1) is 0 Å². The number of nitro benzene ring substituents is 1. The summed E-state index contributed by atoms with van der Waals surface area (Å²) in [5.74, 6) is -0.152. The quantitative estimate of drug-likeness (QED) is 0.648. The van der Waals surface area contributed by atoms with Crippen LogP contribution in [0.4, 0.5) is 5.69 Å². The van der Waals surface area contributed by atoms with E-state index in [1.807, 2.05) is 6.07 Å². The van der Waals surface area contributed by atoms with E-state index >= 15 is 0 Å². The number of nitriles is 1. The smallest absolute Gasteiger partial charge is 0.269 e. The van der Waals surface area contributed by atoms with Gasteiger partial charge >= 0.3 is 0 Å². The van der Waals surface area contributed by atoms with E-state index in [9.17, 15) is 20.2 Å². The number of ketones is 1. The van der Waals surface area contributed by atoms with Crippen LogP contribution in [0.1, 0.15) is 30.9 Å². The van der Waals surface area contributed by atoms with Crippen LogP contribution >= 0.6 is 0 Å². The number of nitro groups is 1. The van der Waals surface area contributed by atoms with Crippen molar-refractivity contribution in [2.45, 2.75) is 25.2 Å². The van der Waals surface area contributed by atoms with Crippen LogP contribution in [-0.2, 0) is 9.53 Å². The van der Waals surface area contributed by atoms with Gasteiger partial charge < -0.3 is 15.0 Å². The zero-order valence-corrected chi connectivity index (χ0v) is 14.8. The van der Waals surface area contributed by atoms with Crippen LogP contribution in [0.2, 0.25) is 0 Å². The molecule has 1 aliphatic heterocycles. The van der Waals surface area contributed by atoms with Crippen molar-refractivity contribution in [3.63, 3.8) is 0 Å². The Balaban J connectivity index is 1.86. The van der Waals surface area contributed by atoms with Crippen molar-refractivity contribution < 1.29 is 14.5 Å². The molecular weight excluding hydrogens is 360 g/mol. The Morgan fingerprint density at radius 2 is 2.00 bits per heavy atom. The molecule has 2 heterocycles. The summed E-state index contributed by atoms with van der Waals surface area (Å²) >= 11 is 0. The van der Waals surface area contributed by atoms with Crippen molar-refractivity contribution in [2.24, 2.45) is 5.73 Å². The van der Waals surface area contributed by atoms with Gasteiger partial charge in [0.25, 0.3) is 5.69 Å². The summed E-state index contributed by atoms with van der Waals surface area (Å²) in [6, 6.07) is 11.8. The van der Waals surface area contributed by atoms with Gasteiger partial charge in [-0.3, -0.25) is 14.9 Å². The fourth-order valence-corrected chi connectivity index (χ4v) is 3.75. The minimum Gasteiger partial charge on any atom is -0.444 e. The first-order valence-corrected chi connectivity index (χ1v) is 8.77. The monoisotopic (exact) mass is 376 g/mol. The van der Waals surface area contributed by atoms with Crippen molar-refractivity contribution in [2.75, 3.05) is 0 Å². The molecule has 0 saturated carbocycles. The van der Waals surface area contributed by atoms with Crippen LogP contribution in [-0.4, -0.2) is 15.3 Å². The molecule has 2 N–H and O–H groups in total. The molecule has 0 amide bonds. The predicted octanol–water partition coefficient (Wildman–Crippen LogP) is 3.20. The molecule has 4 rings (SSSR count). The number of Topliss-reactive ketones (excluding diaryl/α,β-unsaturated/α-hetero) is 1. The number of carbonyl (C=O) groups is 1. The molecule has 1 atom stereocenters. The first-order valence-electron chi connectivity index (χ1n) is 8.77. The van der Waals surface area contributed by atoms with E-state index in [1.54, 1.807) is 29.0 Å². The van der Waals surface area contributed by atoms with E-state index in [-0.39, 0.29) is 22.9 Å². The lowest BCUT2D eigenvalue weighted by atomic mass is 9.79. The number of non-ortho nitro benzene ring substituents is 1. The molecule has 0 saturated heterocycles. The lowest BCUT2D eigenvalue weighted by Gasteiger charge is -2.31. The zero-order valence-electron chi connectivity index (χ0n) is 14.8. The highest BCUT2D eigenvalue weighted by Crippen LogP contribution is 2.43. The number of allylic oxidation sites excluding steroid dienone is 3. The molecule has 0 fully saturated rings. The van der Waals surface area contributed by atoms with Gasteiger partial charge in [-0.05, 0) is 30.7 Å². The third-order valence-corrected chi connectivity index (χ3v) is 5.02. The van der Waals surface area contributed by atoms with Crippen molar-refractivity contribution >= 4 is 11.5 Å². The average molecular weight is 376 g/mol. The van der Waals surface area contributed by atoms with E-state index in [0.29, 0.717) is 42.0 Å². The number of rotatable bonds is 3. The SMILES string of the molecule is N#CC1=C(N)OC2=C(C(=O)CCC2)C1c1cccn1-c1ccc([N+](=O)[O-])cc1. The lowest BCUT2D eigenvalue weighted by Crippen LogP contribution is -2.28. The van der Waals surface area contributed by atoms with E-state index in [4.69, 9.17) is 10.5 Å². The summed E-state index contributed by atoms with van der Waals surface area (Å²) < 4.78 is 7.39. The lowest BCUT2D eigenvalue weighted by molar-refractivity contribution is -0.384. The number of aromatic nitrogens is 1. The second kappa shape index (κ2) is 6.70. The van der Waals surface area contributed by atoms with Gasteiger partial charge in [0.2, 0.25) is 5.88 Å². The van der Waals surface area contributed by atoms with Gasteiger partial charge in [0.05, 0.1) is 10.8 Å². The van der Waals surface area contributed by atoms with Crippen LogP contribution in [0.5, 0.6) is 0 Å². The molecule has 2 aromatic rings. The minimum atomic E-state index is -0.633. The first kappa shape index (κ1) is 17.5. The Hall–Kier alpha value is -3.86. The topological polar surface area (TPSA) is 124 Å². The van der Waals surface area contributed by atoms with Crippen LogP contribution < -0.4 is 5.73 Å². The fourth-order valence-electron chi connectivity index (χ4n) is 3.75. The third-order valence-electron chi connectivity index (χ3n) is 5.02. The second-order valence-corrected chi connectivity index (χ2v) is 6.61. The largest absolute Gasteiger partial charge is 0.444 e. The van der Waals surface area contributed by atoms with Crippen molar-refractivity contribution in [1.82, 2.24) is 4.57 Å². The van der Waals surface area contributed by atoms with E-state index < -0.39 is 10.8 Å². The predicted molar refractivity (Wildman–Crippen MR) is 99.0 cm³/mol. The fraction of sp³-hybridized carbons (Fsp3) is 0.200. The number of ether oxygens (including phenoxy) is 1. The number of carbonyl (C=O) groups excluding carboxylic acids is 1. The molecule has 1 aromatic heterocycles. The molecule has 0 spiro atoms. The summed E-state index contributed by atoms with van der Waals surface area (Å²) in [4.78, 5) is 23.1. The highest BCUT2D eigenvalue weighted by atomic mass is 16.6. The van der Waals surface area contributed by atoms with Crippen molar-refractivity contribution in [1.29, 1.82) is 5.26 Å². The highest BCUT2D eigenvalue weighted by molar-refractivity contribution is 5.99. The Labute approximate surface area is 160 Å². The van der Waals surface area contributed by atoms with E-state index in [1.165, 1.54) is 12.1 Å². The van der Waals surface area contributed by atoms with Gasteiger partial charge in [0.15, 0.2) is 5.78 Å². The molecule has 28 heavy (non-hydrogen) atoms. The Bertz CT molecular complexity index is 1090. The molecule has 0 radical (unpaired) electrons. The molecule has 0 bridgehead atoms. The van der Waals surface area contributed by atoms with Gasteiger partial charge in [-0.1, -0.05) is 0 Å². The van der Waals surface area contributed by atoms with E-state index in [0.717, 1.165) is 0 Å². The maximum Gasteiger partial charge on any atom is 0.269 e. The molecule has 1 unspecified atom stereocenters. The molecule has 8 nitrogen and oxygen atoms in total. The molecule has 8 heteroatoms. The summed E-state index contributed by atoms with van der Waals surface area (Å²) in [7, 11) is 0. The van der Waals surface area contributed by atoms with Gasteiger partial charge in [0.1, 0.15) is 17.4 Å². The van der Waals surface area contributed by atoms with Gasteiger partial charge in [0, 0.05) is 48.1 Å². The second-order valence-electron chi connectivity index (χ2n) is 6.61. The van der Waals surface area contributed by atoms with Crippen molar-refractivity contribution in [3.05, 3.63) is 81.2 Å². The molecular formula is C20H16N4O4. The number of benzene rings is 1. The van der Waals surface area contributed by atoms with Crippen LogP contribution in [0, 0.1) is 21.4 Å². The van der Waals surface area contributed by atoms with Crippen LogP contribution in [0.15, 0.2) is 65.4 Å². The maximum atomic E-state index is 12.7. The number of nitrogens with two attached hydrogens (primary N) is 1. The first-order chi connectivity index (χ1) is 13.5. The number of hydrogen-bond acceptors (Lipinski definition) is 6. The Morgan fingerprint density at radius 1 is 1.25 bits per heavy atom. The number of hydrogen-bond donors (Lipinski definition) is 1. The zero-order chi connectivity index (χ0) is 19.8. The number of nitrogens with zero attached hydrogens (tertiary/aromatic N) is 3. The van der Waals surface area contributed by atoms with Crippen molar-refractivity contribution in [3.8, 4) is 11.8 Å². The average Bonchev–Trinajstić information content (AvgIpc) is 3.16. The standard InChI is InChI=1S/C20H16N4O4/c21-11-14-18(19-16(25)4-1-5-17(19)28-20(14)22)15-3-2-10-23(15)12-6-8-13(9-7-12)24(26)27/h2-3,6-10,18H,1,4-5,22H2. The maximum absolute atomic E-state index is 12.7. The Morgan fingerprint density at radius 3 is 2.68 bits per heavy atom. The highest BCUT2D eigenvalue weighted by Gasteiger charge is 2.39. The summed E-state index contributed by atoms with van der Waals surface area (Å²) in [5, 5.41) is 20.6. The van der Waals surface area contributed by atoms with Gasteiger partial charge in [-0.2, -0.15) is 5.26 Å². The molecule has 2 aliphatic rings. The summed E-state index contributed by atoms with van der Waals surface area (Å²) in [6.45, 7) is 0. The van der Waals surface area contributed by atoms with Crippen LogP contribution in [0.25, 0.3) is 5.69 Å². The molecule has 140 valence electrons. The molecule has 1 aromatic carbocycles. The van der Waals surface area contributed by atoms with Crippen LogP contribution in [0.3, 0.4) is 0 Å². The third kappa shape index (κ3) is 2.74. The minimum absolute atomic E-state index is 0.0115. The normalized spacial score (nSPS) is 19.1. The van der Waals surface area contributed by atoms with E-state index in [2.05, 4.69) is 6.07 Å².